The van der Waals surface area contributed by atoms with Crippen LogP contribution in [0.2, 0.25) is 0 Å². The number of hydrogen-bond acceptors (Lipinski definition) is 6. The Kier molecular flexibility index (Phi) is 4.87. The maximum Gasteiger partial charge on any atom is 0.340 e. The number of amides is 1. The molecule has 0 unspecified atom stereocenters. The average molecular weight is 390 g/mol. The maximum absolute atomic E-state index is 12.6. The van der Waals surface area contributed by atoms with Crippen molar-refractivity contribution in [1.29, 1.82) is 0 Å². The molecule has 0 saturated heterocycles. The molecule has 29 heavy (non-hydrogen) atoms. The Morgan fingerprint density at radius 1 is 1.07 bits per heavy atom. The number of nitrogens with zero attached hydrogens (tertiary/aromatic N) is 1. The largest absolute Gasteiger partial charge is 0.495 e. The van der Waals surface area contributed by atoms with E-state index in [1.165, 1.54) is 20.2 Å². The summed E-state index contributed by atoms with van der Waals surface area (Å²) in [6.45, 7) is 1.50. The fourth-order valence-electron chi connectivity index (χ4n) is 3.02. The molecule has 1 atom stereocenters. The minimum Gasteiger partial charge on any atom is -0.495 e. The van der Waals surface area contributed by atoms with Crippen LogP contribution in [0.25, 0.3) is 21.9 Å². The van der Waals surface area contributed by atoms with Gasteiger partial charge in [0.15, 0.2) is 6.10 Å². The molecular formula is C22H18N2O5. The Labute approximate surface area is 166 Å². The third kappa shape index (κ3) is 3.62. The van der Waals surface area contributed by atoms with E-state index >= 15 is 0 Å². The first-order valence-corrected chi connectivity index (χ1v) is 8.98. The van der Waals surface area contributed by atoms with Crippen LogP contribution in [-0.4, -0.2) is 30.1 Å². The molecule has 1 N–H and O–H groups in total. The van der Waals surface area contributed by atoms with Crippen molar-refractivity contribution < 1.29 is 23.5 Å². The molecule has 0 fully saturated rings. The van der Waals surface area contributed by atoms with Crippen molar-refractivity contribution >= 4 is 39.5 Å². The summed E-state index contributed by atoms with van der Waals surface area (Å²) < 4.78 is 16.5. The van der Waals surface area contributed by atoms with E-state index in [9.17, 15) is 9.59 Å². The second kappa shape index (κ2) is 7.63. The minimum atomic E-state index is -1.02. The van der Waals surface area contributed by atoms with Crippen LogP contribution in [0.3, 0.4) is 0 Å². The van der Waals surface area contributed by atoms with Gasteiger partial charge in [-0.05, 0) is 31.2 Å². The normalized spacial score (nSPS) is 11.9. The number of methoxy groups -OCH3 is 1. The summed E-state index contributed by atoms with van der Waals surface area (Å²) >= 11 is 0. The van der Waals surface area contributed by atoms with Crippen molar-refractivity contribution in [2.75, 3.05) is 12.4 Å². The standard InChI is InChI=1S/C22H18N2O5/c1-13(28-22(26)14-6-5-9-23-12-14)21(25)24-17-11-19-16(10-20(17)27-2)15-7-3-4-8-18(15)29-19/h3-13H,1-2H3,(H,24,25)/t13-/m1/s1. The number of carbonyl (C=O) groups is 2. The first-order chi connectivity index (χ1) is 14.1. The van der Waals surface area contributed by atoms with Crippen molar-refractivity contribution in [3.05, 3.63) is 66.5 Å². The summed E-state index contributed by atoms with van der Waals surface area (Å²) in [7, 11) is 1.52. The highest BCUT2D eigenvalue weighted by Gasteiger charge is 2.21. The summed E-state index contributed by atoms with van der Waals surface area (Å²) in [5, 5.41) is 4.57. The summed E-state index contributed by atoms with van der Waals surface area (Å²) in [5.41, 5.74) is 2.05. The van der Waals surface area contributed by atoms with Crippen LogP contribution < -0.4 is 10.1 Å². The molecule has 0 saturated carbocycles. The lowest BCUT2D eigenvalue weighted by Crippen LogP contribution is -2.30. The first kappa shape index (κ1) is 18.5. The van der Waals surface area contributed by atoms with Crippen LogP contribution in [0.5, 0.6) is 5.75 Å². The molecule has 4 rings (SSSR count). The SMILES string of the molecule is COc1cc2c(cc1NC(=O)[C@@H](C)OC(=O)c1cccnc1)oc1ccccc12. The minimum absolute atomic E-state index is 0.272. The number of esters is 1. The zero-order valence-electron chi connectivity index (χ0n) is 15.8. The Bertz CT molecular complexity index is 1200. The Hall–Kier alpha value is -3.87. The summed E-state index contributed by atoms with van der Waals surface area (Å²) in [5.74, 6) is -0.639. The Morgan fingerprint density at radius 2 is 1.90 bits per heavy atom. The van der Waals surface area contributed by atoms with E-state index in [-0.39, 0.29) is 5.56 Å². The molecule has 0 aliphatic rings. The fraction of sp³-hybridized carbons (Fsp3) is 0.136. The average Bonchev–Trinajstić information content (AvgIpc) is 3.11. The van der Waals surface area contributed by atoms with E-state index < -0.39 is 18.0 Å². The van der Waals surface area contributed by atoms with E-state index in [2.05, 4.69) is 10.3 Å². The molecule has 0 bridgehead atoms. The van der Waals surface area contributed by atoms with Crippen LogP contribution >= 0.6 is 0 Å². The number of carbonyl (C=O) groups excluding carboxylic acids is 2. The number of fused-ring (bicyclic) bond motifs is 3. The molecule has 2 aromatic carbocycles. The van der Waals surface area contributed by atoms with E-state index in [1.807, 2.05) is 30.3 Å². The quantitative estimate of drug-likeness (QED) is 0.514. The van der Waals surface area contributed by atoms with Crippen molar-refractivity contribution in [1.82, 2.24) is 4.98 Å². The van der Waals surface area contributed by atoms with Crippen LogP contribution in [-0.2, 0) is 9.53 Å². The number of rotatable bonds is 5. The van der Waals surface area contributed by atoms with Gasteiger partial charge in [-0.1, -0.05) is 18.2 Å². The molecule has 7 heteroatoms. The van der Waals surface area contributed by atoms with E-state index in [4.69, 9.17) is 13.9 Å². The van der Waals surface area contributed by atoms with E-state index in [1.54, 1.807) is 24.4 Å². The number of pyridine rings is 1. The van der Waals surface area contributed by atoms with Gasteiger partial charge in [-0.2, -0.15) is 0 Å². The molecule has 4 aromatic rings. The van der Waals surface area contributed by atoms with Gasteiger partial charge in [-0.15, -0.1) is 0 Å². The third-order valence-corrected chi connectivity index (χ3v) is 4.51. The second-order valence-electron chi connectivity index (χ2n) is 6.43. The number of hydrogen-bond donors (Lipinski definition) is 1. The number of aromatic nitrogens is 1. The van der Waals surface area contributed by atoms with Crippen LogP contribution in [0.4, 0.5) is 5.69 Å². The molecule has 146 valence electrons. The van der Waals surface area contributed by atoms with Gasteiger partial charge < -0.3 is 19.2 Å². The molecular weight excluding hydrogens is 372 g/mol. The summed E-state index contributed by atoms with van der Waals surface area (Å²) in [4.78, 5) is 28.6. The van der Waals surface area contributed by atoms with Crippen LogP contribution in [0.1, 0.15) is 17.3 Å². The van der Waals surface area contributed by atoms with E-state index in [0.717, 1.165) is 16.4 Å². The molecule has 0 radical (unpaired) electrons. The van der Waals surface area contributed by atoms with E-state index in [0.29, 0.717) is 17.0 Å². The number of furan rings is 1. The smallest absolute Gasteiger partial charge is 0.340 e. The van der Waals surface area contributed by atoms with Crippen molar-refractivity contribution in [3.8, 4) is 5.75 Å². The molecule has 0 aliphatic carbocycles. The molecule has 2 aromatic heterocycles. The van der Waals surface area contributed by atoms with Gasteiger partial charge in [0.05, 0.1) is 18.4 Å². The number of para-hydroxylation sites is 1. The van der Waals surface area contributed by atoms with Crippen LogP contribution in [0.15, 0.2) is 65.3 Å². The van der Waals surface area contributed by atoms with Gasteiger partial charge in [-0.25, -0.2) is 4.79 Å². The number of benzene rings is 2. The molecule has 1 amide bonds. The van der Waals surface area contributed by atoms with Gasteiger partial charge in [0.25, 0.3) is 5.91 Å². The highest BCUT2D eigenvalue weighted by atomic mass is 16.5. The van der Waals surface area contributed by atoms with Crippen molar-refractivity contribution in [2.45, 2.75) is 13.0 Å². The fourth-order valence-corrected chi connectivity index (χ4v) is 3.02. The zero-order valence-corrected chi connectivity index (χ0v) is 15.8. The Morgan fingerprint density at radius 3 is 2.66 bits per heavy atom. The van der Waals surface area contributed by atoms with Gasteiger partial charge in [0.1, 0.15) is 16.9 Å². The first-order valence-electron chi connectivity index (χ1n) is 8.98. The topological polar surface area (TPSA) is 90.7 Å². The lowest BCUT2D eigenvalue weighted by Gasteiger charge is -2.15. The van der Waals surface area contributed by atoms with Gasteiger partial charge in [-0.3, -0.25) is 9.78 Å². The molecule has 0 aliphatic heterocycles. The highest BCUT2D eigenvalue weighted by molar-refractivity contribution is 6.08. The summed E-state index contributed by atoms with van der Waals surface area (Å²) in [6.07, 6.45) is 1.91. The lowest BCUT2D eigenvalue weighted by molar-refractivity contribution is -0.123. The molecule has 2 heterocycles. The predicted octanol–water partition coefficient (Wildman–Crippen LogP) is 4.17. The lowest BCUT2D eigenvalue weighted by atomic mass is 10.1. The van der Waals surface area contributed by atoms with Crippen molar-refractivity contribution in [2.24, 2.45) is 0 Å². The number of anilines is 1. The van der Waals surface area contributed by atoms with Gasteiger partial charge >= 0.3 is 5.97 Å². The highest BCUT2D eigenvalue weighted by Crippen LogP contribution is 2.36. The molecule has 7 nitrogen and oxygen atoms in total. The van der Waals surface area contributed by atoms with Gasteiger partial charge in [0.2, 0.25) is 0 Å². The Balaban J connectivity index is 1.57. The number of nitrogens with one attached hydrogen (secondary N) is 1. The van der Waals surface area contributed by atoms with Crippen molar-refractivity contribution in [3.63, 3.8) is 0 Å². The predicted molar refractivity (Wildman–Crippen MR) is 108 cm³/mol. The number of ether oxygens (including phenoxy) is 2. The second-order valence-corrected chi connectivity index (χ2v) is 6.43. The van der Waals surface area contributed by atoms with Crippen LogP contribution in [0, 0.1) is 0 Å². The molecule has 0 spiro atoms. The monoisotopic (exact) mass is 390 g/mol. The summed E-state index contributed by atoms with van der Waals surface area (Å²) in [6, 6.07) is 14.3. The van der Waals surface area contributed by atoms with Gasteiger partial charge in [0, 0.05) is 29.2 Å². The third-order valence-electron chi connectivity index (χ3n) is 4.51. The maximum atomic E-state index is 12.6. The zero-order chi connectivity index (χ0) is 20.4.